The molecule has 22 heavy (non-hydrogen) atoms. The molecule has 0 fully saturated rings. The van der Waals surface area contributed by atoms with Crippen LogP contribution in [0.1, 0.15) is 23.1 Å². The number of nitrogens with one attached hydrogen (secondary N) is 1. The minimum absolute atomic E-state index is 0.0211. The van der Waals surface area contributed by atoms with Crippen LogP contribution in [-0.2, 0) is 22.8 Å². The molecule has 1 heterocycles. The van der Waals surface area contributed by atoms with Crippen LogP contribution in [0.4, 0.5) is 0 Å². The van der Waals surface area contributed by atoms with Gasteiger partial charge in [-0.05, 0) is 5.56 Å². The molecule has 0 aliphatic carbocycles. The number of aromatic nitrogens is 2. The lowest BCUT2D eigenvalue weighted by molar-refractivity contribution is -0.144. The van der Waals surface area contributed by atoms with E-state index in [1.54, 1.807) is 0 Å². The van der Waals surface area contributed by atoms with E-state index in [0.717, 1.165) is 5.56 Å². The SMILES string of the molecule is CC(=O)OCn1c(C(=O)NCc2ccccc2)nc(Cl)c1Cl. The Balaban J connectivity index is 2.11. The predicted octanol–water partition coefficient (Wildman–Crippen LogP) is 2.64. The Hall–Kier alpha value is -2.05. The number of esters is 1. The third kappa shape index (κ3) is 3.99. The van der Waals surface area contributed by atoms with Crippen molar-refractivity contribution in [3.05, 3.63) is 52.0 Å². The predicted molar refractivity (Wildman–Crippen MR) is 81.6 cm³/mol. The summed E-state index contributed by atoms with van der Waals surface area (Å²) in [5, 5.41) is 2.71. The lowest BCUT2D eigenvalue weighted by atomic mass is 10.2. The van der Waals surface area contributed by atoms with E-state index >= 15 is 0 Å². The van der Waals surface area contributed by atoms with Gasteiger partial charge in [-0.25, -0.2) is 4.98 Å². The molecule has 6 nitrogen and oxygen atoms in total. The first-order valence-corrected chi connectivity index (χ1v) is 7.11. The van der Waals surface area contributed by atoms with E-state index in [4.69, 9.17) is 27.9 Å². The van der Waals surface area contributed by atoms with Gasteiger partial charge in [-0.2, -0.15) is 0 Å². The molecule has 0 saturated carbocycles. The highest BCUT2D eigenvalue weighted by Crippen LogP contribution is 2.23. The van der Waals surface area contributed by atoms with Crippen LogP contribution in [0.15, 0.2) is 30.3 Å². The number of nitrogens with zero attached hydrogens (tertiary/aromatic N) is 2. The zero-order chi connectivity index (χ0) is 16.1. The van der Waals surface area contributed by atoms with Gasteiger partial charge >= 0.3 is 5.97 Å². The van der Waals surface area contributed by atoms with Crippen molar-refractivity contribution in [1.29, 1.82) is 0 Å². The first-order valence-electron chi connectivity index (χ1n) is 6.36. The van der Waals surface area contributed by atoms with Crippen molar-refractivity contribution < 1.29 is 14.3 Å². The van der Waals surface area contributed by atoms with Gasteiger partial charge in [0.25, 0.3) is 5.91 Å². The molecule has 1 aromatic heterocycles. The van der Waals surface area contributed by atoms with Crippen molar-refractivity contribution in [2.45, 2.75) is 20.2 Å². The molecule has 0 spiro atoms. The highest BCUT2D eigenvalue weighted by Gasteiger charge is 2.20. The lowest BCUT2D eigenvalue weighted by Crippen LogP contribution is -2.27. The Bertz CT molecular complexity index is 686. The number of carbonyl (C=O) groups excluding carboxylic acids is 2. The zero-order valence-corrected chi connectivity index (χ0v) is 13.2. The maximum Gasteiger partial charge on any atom is 0.304 e. The Morgan fingerprint density at radius 3 is 2.59 bits per heavy atom. The summed E-state index contributed by atoms with van der Waals surface area (Å²) in [6, 6.07) is 9.39. The molecular weight excluding hydrogens is 329 g/mol. The average molecular weight is 342 g/mol. The average Bonchev–Trinajstić information content (AvgIpc) is 2.79. The van der Waals surface area contributed by atoms with E-state index in [1.165, 1.54) is 11.5 Å². The van der Waals surface area contributed by atoms with Gasteiger partial charge in [0.15, 0.2) is 17.0 Å². The summed E-state index contributed by atoms with van der Waals surface area (Å²) >= 11 is 11.8. The van der Waals surface area contributed by atoms with E-state index in [2.05, 4.69) is 10.3 Å². The molecule has 0 bridgehead atoms. The normalized spacial score (nSPS) is 10.3. The minimum Gasteiger partial charge on any atom is -0.444 e. The molecule has 0 atom stereocenters. The summed E-state index contributed by atoms with van der Waals surface area (Å²) in [5.41, 5.74) is 0.936. The molecule has 1 N–H and O–H groups in total. The van der Waals surface area contributed by atoms with E-state index in [1.807, 2.05) is 30.3 Å². The second-order valence-electron chi connectivity index (χ2n) is 4.38. The van der Waals surface area contributed by atoms with E-state index in [9.17, 15) is 9.59 Å². The molecule has 116 valence electrons. The Labute approximate surface area is 137 Å². The number of imidazole rings is 1. The smallest absolute Gasteiger partial charge is 0.304 e. The highest BCUT2D eigenvalue weighted by atomic mass is 35.5. The van der Waals surface area contributed by atoms with E-state index in [0.29, 0.717) is 6.54 Å². The summed E-state index contributed by atoms with van der Waals surface area (Å²) in [6.45, 7) is 1.35. The molecule has 8 heteroatoms. The highest BCUT2D eigenvalue weighted by molar-refractivity contribution is 6.40. The Morgan fingerprint density at radius 1 is 1.27 bits per heavy atom. The van der Waals surface area contributed by atoms with E-state index in [-0.39, 0.29) is 22.9 Å². The van der Waals surface area contributed by atoms with Crippen LogP contribution in [0.5, 0.6) is 0 Å². The number of benzene rings is 1. The molecule has 0 saturated heterocycles. The number of hydrogen-bond acceptors (Lipinski definition) is 4. The van der Waals surface area contributed by atoms with Crippen LogP contribution in [0.25, 0.3) is 0 Å². The number of hydrogen-bond donors (Lipinski definition) is 1. The number of halogens is 2. The number of carbonyl (C=O) groups is 2. The van der Waals surface area contributed by atoms with Gasteiger partial charge in [0.1, 0.15) is 0 Å². The number of amides is 1. The van der Waals surface area contributed by atoms with Crippen molar-refractivity contribution in [3.8, 4) is 0 Å². The molecule has 2 aromatic rings. The second kappa shape index (κ2) is 7.29. The van der Waals surface area contributed by atoms with Crippen LogP contribution in [-0.4, -0.2) is 21.4 Å². The standard InChI is InChI=1S/C14H13Cl2N3O3/c1-9(20)22-8-19-12(16)11(15)18-13(19)14(21)17-7-10-5-3-2-4-6-10/h2-6H,7-8H2,1H3,(H,17,21). The van der Waals surface area contributed by atoms with Crippen LogP contribution in [0, 0.1) is 0 Å². The Morgan fingerprint density at radius 2 is 1.95 bits per heavy atom. The molecule has 0 radical (unpaired) electrons. The molecule has 0 aliphatic rings. The van der Waals surface area contributed by atoms with Crippen molar-refractivity contribution in [2.24, 2.45) is 0 Å². The van der Waals surface area contributed by atoms with Gasteiger partial charge in [-0.3, -0.25) is 14.2 Å². The monoisotopic (exact) mass is 341 g/mol. The van der Waals surface area contributed by atoms with Gasteiger partial charge in [-0.1, -0.05) is 53.5 Å². The third-order valence-corrected chi connectivity index (χ3v) is 3.51. The fraction of sp³-hybridized carbons (Fsp3) is 0.214. The molecule has 0 aliphatic heterocycles. The van der Waals surface area contributed by atoms with Crippen molar-refractivity contribution >= 4 is 35.1 Å². The Kier molecular flexibility index (Phi) is 5.41. The summed E-state index contributed by atoms with van der Waals surface area (Å²) in [4.78, 5) is 27.0. The van der Waals surface area contributed by atoms with Gasteiger partial charge < -0.3 is 10.1 Å². The first kappa shape index (κ1) is 16.3. The number of rotatable bonds is 5. The van der Waals surface area contributed by atoms with Crippen molar-refractivity contribution in [3.63, 3.8) is 0 Å². The summed E-state index contributed by atoms with van der Waals surface area (Å²) < 4.78 is 6.06. The van der Waals surface area contributed by atoms with Gasteiger partial charge in [-0.15, -0.1) is 0 Å². The van der Waals surface area contributed by atoms with Crippen LogP contribution >= 0.6 is 23.2 Å². The third-order valence-electron chi connectivity index (χ3n) is 2.76. The fourth-order valence-electron chi connectivity index (χ4n) is 1.71. The zero-order valence-electron chi connectivity index (χ0n) is 11.7. The fourth-order valence-corrected chi connectivity index (χ4v) is 2.06. The number of ether oxygens (including phenoxy) is 1. The van der Waals surface area contributed by atoms with Crippen LogP contribution in [0.3, 0.4) is 0 Å². The molecule has 1 amide bonds. The van der Waals surface area contributed by atoms with E-state index < -0.39 is 11.9 Å². The van der Waals surface area contributed by atoms with Crippen molar-refractivity contribution in [2.75, 3.05) is 0 Å². The van der Waals surface area contributed by atoms with Crippen LogP contribution in [0.2, 0.25) is 10.3 Å². The quantitative estimate of drug-likeness (QED) is 0.848. The van der Waals surface area contributed by atoms with Gasteiger partial charge in [0.2, 0.25) is 5.82 Å². The van der Waals surface area contributed by atoms with Crippen LogP contribution < -0.4 is 5.32 Å². The largest absolute Gasteiger partial charge is 0.444 e. The molecule has 0 unspecified atom stereocenters. The molecule has 1 aromatic carbocycles. The summed E-state index contributed by atoms with van der Waals surface area (Å²) in [7, 11) is 0. The second-order valence-corrected chi connectivity index (χ2v) is 5.09. The summed E-state index contributed by atoms with van der Waals surface area (Å²) in [5.74, 6) is -0.992. The maximum absolute atomic E-state index is 12.2. The molecular formula is C14H13Cl2N3O3. The topological polar surface area (TPSA) is 73.2 Å². The van der Waals surface area contributed by atoms with Gasteiger partial charge in [0, 0.05) is 13.5 Å². The molecule has 2 rings (SSSR count). The summed E-state index contributed by atoms with van der Waals surface area (Å²) in [6.07, 6.45) is 0. The maximum atomic E-state index is 12.2. The first-order chi connectivity index (χ1) is 10.5. The van der Waals surface area contributed by atoms with Crippen molar-refractivity contribution in [1.82, 2.24) is 14.9 Å². The minimum atomic E-state index is -0.503. The lowest BCUT2D eigenvalue weighted by Gasteiger charge is -2.09. The van der Waals surface area contributed by atoms with Gasteiger partial charge in [0.05, 0.1) is 0 Å².